The third-order valence-electron chi connectivity index (χ3n) is 5.41. The van der Waals surface area contributed by atoms with Gasteiger partial charge in [-0.1, -0.05) is 24.3 Å². The molecule has 0 amide bonds. The Bertz CT molecular complexity index is 942. The summed E-state index contributed by atoms with van der Waals surface area (Å²) < 4.78 is 43.5. The van der Waals surface area contributed by atoms with Crippen LogP contribution >= 0.6 is 11.5 Å². The van der Waals surface area contributed by atoms with E-state index in [1.54, 1.807) is 13.1 Å². The van der Waals surface area contributed by atoms with Crippen LogP contribution in [0.2, 0.25) is 0 Å². The molecule has 0 bridgehead atoms. The topological polar surface area (TPSA) is 61.8 Å². The van der Waals surface area contributed by atoms with Crippen LogP contribution in [0.5, 0.6) is 0 Å². The first kappa shape index (κ1) is 19.1. The maximum atomic E-state index is 13.1. The molecule has 148 valence electrons. The Kier molecular flexibility index (Phi) is 4.58. The van der Waals surface area contributed by atoms with Crippen molar-refractivity contribution in [2.75, 3.05) is 0 Å². The first-order chi connectivity index (χ1) is 13.2. The van der Waals surface area contributed by atoms with Crippen LogP contribution < -0.4 is 0 Å². The van der Waals surface area contributed by atoms with Crippen LogP contribution in [0, 0.1) is 5.41 Å². The summed E-state index contributed by atoms with van der Waals surface area (Å²) in [5.74, 6) is 0.476. The summed E-state index contributed by atoms with van der Waals surface area (Å²) in [7, 11) is 0. The predicted molar refractivity (Wildman–Crippen MR) is 101 cm³/mol. The number of rotatable bonds is 6. The van der Waals surface area contributed by atoms with E-state index in [1.165, 1.54) is 17.7 Å². The molecule has 2 N–H and O–H groups in total. The Hall–Kier alpha value is -2.19. The van der Waals surface area contributed by atoms with E-state index in [2.05, 4.69) is 14.3 Å². The van der Waals surface area contributed by atoms with Crippen LogP contribution in [-0.4, -0.2) is 25.6 Å². The van der Waals surface area contributed by atoms with E-state index in [0.29, 0.717) is 17.1 Å². The number of alkyl halides is 3. The van der Waals surface area contributed by atoms with Gasteiger partial charge in [-0.05, 0) is 48.5 Å². The molecule has 1 aliphatic carbocycles. The standard InChI is InChI=1S/C20H20F3N3OS/c1-18(27,14-4-2-13(3-5-14)16-6-9-25-28-16)11-17-24-12-15(26-17)10-19(7-8-19)20(21,22)23/h2-6,9,12,27H,7-8,10-11H2,1H3,(H,24,26). The van der Waals surface area contributed by atoms with Gasteiger partial charge in [0.25, 0.3) is 0 Å². The van der Waals surface area contributed by atoms with Gasteiger partial charge in [0.15, 0.2) is 0 Å². The van der Waals surface area contributed by atoms with Crippen molar-refractivity contribution < 1.29 is 18.3 Å². The van der Waals surface area contributed by atoms with Gasteiger partial charge in [0.1, 0.15) is 5.82 Å². The fourth-order valence-electron chi connectivity index (χ4n) is 3.45. The summed E-state index contributed by atoms with van der Waals surface area (Å²) in [4.78, 5) is 8.20. The van der Waals surface area contributed by atoms with Gasteiger partial charge < -0.3 is 10.1 Å². The Morgan fingerprint density at radius 2 is 1.89 bits per heavy atom. The van der Waals surface area contributed by atoms with E-state index in [1.807, 2.05) is 30.3 Å². The normalized spacial score (nSPS) is 18.0. The van der Waals surface area contributed by atoms with Gasteiger partial charge >= 0.3 is 6.18 Å². The Labute approximate surface area is 164 Å². The van der Waals surface area contributed by atoms with Gasteiger partial charge in [0, 0.05) is 30.9 Å². The van der Waals surface area contributed by atoms with Crippen molar-refractivity contribution in [3.05, 3.63) is 59.8 Å². The van der Waals surface area contributed by atoms with Crippen molar-refractivity contribution in [1.29, 1.82) is 0 Å². The Morgan fingerprint density at radius 3 is 2.46 bits per heavy atom. The molecule has 0 spiro atoms. The number of aliphatic hydroxyl groups is 1. The number of hydrogen-bond acceptors (Lipinski definition) is 4. The predicted octanol–water partition coefficient (Wildman–Crippen LogP) is 4.87. The zero-order valence-corrected chi connectivity index (χ0v) is 16.1. The van der Waals surface area contributed by atoms with Crippen molar-refractivity contribution in [3.63, 3.8) is 0 Å². The van der Waals surface area contributed by atoms with Crippen molar-refractivity contribution in [1.82, 2.24) is 14.3 Å². The zero-order chi connectivity index (χ0) is 20.0. The maximum absolute atomic E-state index is 13.1. The molecule has 4 nitrogen and oxygen atoms in total. The summed E-state index contributed by atoms with van der Waals surface area (Å²) in [5, 5.41) is 10.9. The summed E-state index contributed by atoms with van der Waals surface area (Å²) in [6.45, 7) is 1.68. The van der Waals surface area contributed by atoms with Crippen LogP contribution in [0.15, 0.2) is 42.7 Å². The minimum Gasteiger partial charge on any atom is -0.385 e. The molecule has 1 fully saturated rings. The lowest BCUT2D eigenvalue weighted by molar-refractivity contribution is -0.186. The number of aromatic amines is 1. The van der Waals surface area contributed by atoms with E-state index in [0.717, 1.165) is 10.4 Å². The van der Waals surface area contributed by atoms with Crippen LogP contribution in [0.3, 0.4) is 0 Å². The molecular weight excluding hydrogens is 387 g/mol. The second kappa shape index (κ2) is 6.70. The van der Waals surface area contributed by atoms with E-state index >= 15 is 0 Å². The highest BCUT2D eigenvalue weighted by molar-refractivity contribution is 7.09. The highest BCUT2D eigenvalue weighted by atomic mass is 32.1. The molecule has 2 heterocycles. The summed E-state index contributed by atoms with van der Waals surface area (Å²) >= 11 is 1.40. The average molecular weight is 407 g/mol. The summed E-state index contributed by atoms with van der Waals surface area (Å²) in [6, 6.07) is 9.47. The zero-order valence-electron chi connectivity index (χ0n) is 15.3. The number of nitrogens with zero attached hydrogens (tertiary/aromatic N) is 2. The number of benzene rings is 1. The fourth-order valence-corrected chi connectivity index (χ4v) is 4.05. The van der Waals surface area contributed by atoms with Gasteiger partial charge in [-0.25, -0.2) is 9.36 Å². The highest BCUT2D eigenvalue weighted by Crippen LogP contribution is 2.59. The number of H-pyrrole nitrogens is 1. The molecule has 28 heavy (non-hydrogen) atoms. The molecular formula is C20H20F3N3OS. The van der Waals surface area contributed by atoms with Crippen LogP contribution in [0.1, 0.15) is 36.8 Å². The molecule has 0 saturated heterocycles. The molecule has 0 radical (unpaired) electrons. The van der Waals surface area contributed by atoms with Crippen LogP contribution in [0.4, 0.5) is 13.2 Å². The SMILES string of the molecule is CC(O)(Cc1ncc(CC2(C(F)(F)F)CC2)[nH]1)c1ccc(-c2ccns2)cc1. The Morgan fingerprint density at radius 1 is 1.18 bits per heavy atom. The lowest BCUT2D eigenvalue weighted by Crippen LogP contribution is -2.27. The van der Waals surface area contributed by atoms with Gasteiger partial charge in [-0.3, -0.25) is 0 Å². The van der Waals surface area contributed by atoms with Crippen LogP contribution in [-0.2, 0) is 18.4 Å². The monoisotopic (exact) mass is 407 g/mol. The molecule has 1 aromatic carbocycles. The minimum atomic E-state index is -4.19. The summed E-state index contributed by atoms with van der Waals surface area (Å²) in [6.07, 6.45) is -0.582. The lowest BCUT2D eigenvalue weighted by Gasteiger charge is -2.23. The highest BCUT2D eigenvalue weighted by Gasteiger charge is 2.62. The molecule has 1 aliphatic rings. The fraction of sp³-hybridized carbons (Fsp3) is 0.400. The molecule has 1 saturated carbocycles. The first-order valence-electron chi connectivity index (χ1n) is 9.02. The molecule has 4 rings (SSSR count). The van der Waals surface area contributed by atoms with Gasteiger partial charge in [-0.15, -0.1) is 0 Å². The van der Waals surface area contributed by atoms with E-state index in [4.69, 9.17) is 0 Å². The third kappa shape index (κ3) is 3.71. The van der Waals surface area contributed by atoms with Crippen molar-refractivity contribution in [2.24, 2.45) is 5.41 Å². The molecule has 2 aromatic heterocycles. The first-order valence-corrected chi connectivity index (χ1v) is 9.79. The van der Waals surface area contributed by atoms with Gasteiger partial charge in [0.2, 0.25) is 0 Å². The van der Waals surface area contributed by atoms with Gasteiger partial charge in [-0.2, -0.15) is 13.2 Å². The number of aromatic nitrogens is 3. The number of hydrogen-bond donors (Lipinski definition) is 2. The van der Waals surface area contributed by atoms with Crippen molar-refractivity contribution in [2.45, 2.75) is 44.4 Å². The molecule has 3 aromatic rings. The van der Waals surface area contributed by atoms with Crippen molar-refractivity contribution in [3.8, 4) is 10.4 Å². The molecule has 0 aliphatic heterocycles. The lowest BCUT2D eigenvalue weighted by atomic mass is 9.91. The number of imidazole rings is 1. The van der Waals surface area contributed by atoms with E-state index < -0.39 is 17.2 Å². The smallest absolute Gasteiger partial charge is 0.385 e. The number of nitrogens with one attached hydrogen (secondary N) is 1. The Balaban J connectivity index is 1.46. The third-order valence-corrected chi connectivity index (χ3v) is 6.20. The second-order valence-electron chi connectivity index (χ2n) is 7.71. The maximum Gasteiger partial charge on any atom is 0.394 e. The molecule has 1 atom stereocenters. The minimum absolute atomic E-state index is 0.0881. The van der Waals surface area contributed by atoms with Crippen molar-refractivity contribution >= 4 is 11.5 Å². The summed E-state index contributed by atoms with van der Waals surface area (Å²) in [5.41, 5.74) is -0.605. The molecule has 1 unspecified atom stereocenters. The van der Waals surface area contributed by atoms with E-state index in [9.17, 15) is 18.3 Å². The quantitative estimate of drug-likeness (QED) is 0.613. The van der Waals surface area contributed by atoms with Crippen LogP contribution in [0.25, 0.3) is 10.4 Å². The molecule has 8 heteroatoms. The second-order valence-corrected chi connectivity index (χ2v) is 8.55. The van der Waals surface area contributed by atoms with E-state index in [-0.39, 0.29) is 25.7 Å². The number of halogens is 3. The average Bonchev–Trinajstić information content (AvgIpc) is 3.04. The largest absolute Gasteiger partial charge is 0.394 e. The van der Waals surface area contributed by atoms with Gasteiger partial charge in [0.05, 0.1) is 15.9 Å².